The van der Waals surface area contributed by atoms with Crippen molar-refractivity contribution < 1.29 is 144 Å². The molecule has 0 radical (unpaired) electrons. The van der Waals surface area contributed by atoms with Gasteiger partial charge in [-0.25, -0.2) is 4.18 Å². The molecule has 6 saturated heterocycles. The maximum absolute atomic E-state index is 14.8. The molecule has 3 saturated carbocycles. The molecule has 10 aliphatic rings. The Labute approximate surface area is 527 Å². The molecule has 31 heteroatoms. The third kappa shape index (κ3) is 13.0. The first-order chi connectivity index (χ1) is 42.4. The summed E-state index contributed by atoms with van der Waals surface area (Å²) in [5, 5.41) is 122. The average molecular weight is 1330 g/mol. The number of methoxy groups -OCH3 is 1. The summed E-state index contributed by atoms with van der Waals surface area (Å²) in [6.07, 6.45) is -30.8. The van der Waals surface area contributed by atoms with E-state index < -0.39 is 222 Å². The molecule has 0 aromatic rings. The van der Waals surface area contributed by atoms with E-state index in [0.717, 1.165) is 5.57 Å². The zero-order chi connectivity index (χ0) is 66.6. The Kier molecular flexibility index (Phi) is 20.6. The van der Waals surface area contributed by atoms with Gasteiger partial charge in [0.2, 0.25) is 0 Å². The van der Waals surface area contributed by atoms with Crippen LogP contribution in [0.3, 0.4) is 0 Å². The molecule has 0 aromatic carbocycles. The molecule has 0 amide bonds. The van der Waals surface area contributed by atoms with Crippen molar-refractivity contribution in [3.8, 4) is 0 Å². The quantitative estimate of drug-likeness (QED) is 0.0403. The van der Waals surface area contributed by atoms with Crippen molar-refractivity contribution in [1.29, 1.82) is 0 Å². The summed E-state index contributed by atoms with van der Waals surface area (Å²) in [6, 6.07) is 0. The summed E-state index contributed by atoms with van der Waals surface area (Å²) in [7, 11) is -4.05. The fourth-order valence-electron chi connectivity index (χ4n) is 17.4. The highest BCUT2D eigenvalue weighted by atomic mass is 32.3. The monoisotopic (exact) mass is 1330 g/mol. The van der Waals surface area contributed by atoms with Gasteiger partial charge in [-0.1, -0.05) is 51.5 Å². The third-order valence-electron chi connectivity index (χ3n) is 21.7. The van der Waals surface area contributed by atoms with Crippen LogP contribution in [0.5, 0.6) is 0 Å². The van der Waals surface area contributed by atoms with E-state index in [1.165, 1.54) is 21.0 Å². The molecule has 4 aliphatic carbocycles. The Balaban J connectivity index is 0.917. The maximum atomic E-state index is 14.8. The molecule has 12 N–H and O–H groups in total. The molecule has 6 heterocycles. The maximum Gasteiger partial charge on any atom is 0.397 e. The first-order valence-corrected chi connectivity index (χ1v) is 32.7. The normalized spacial score (nSPS) is 50.1. The summed E-state index contributed by atoms with van der Waals surface area (Å²) in [5.41, 5.74) is -4.04. The second-order valence-corrected chi connectivity index (χ2v) is 29.4. The molecule has 0 aromatic heterocycles. The fraction of sp³-hybridized carbons (Fsp3) is 0.900. The highest BCUT2D eigenvalue weighted by molar-refractivity contribution is 7.80. The van der Waals surface area contributed by atoms with Crippen molar-refractivity contribution in [2.45, 2.75) is 266 Å². The van der Waals surface area contributed by atoms with Gasteiger partial charge in [0.25, 0.3) is 0 Å². The van der Waals surface area contributed by atoms with Crippen molar-refractivity contribution in [2.75, 3.05) is 33.5 Å². The van der Waals surface area contributed by atoms with Crippen LogP contribution >= 0.6 is 0 Å². The number of hydrogen-bond donors (Lipinski definition) is 12. The number of allylic oxidation sites excluding steroid dienone is 2. The second-order valence-electron chi connectivity index (χ2n) is 28.4. The van der Waals surface area contributed by atoms with Crippen molar-refractivity contribution in [3.63, 3.8) is 0 Å². The van der Waals surface area contributed by atoms with Crippen LogP contribution in [-0.4, -0.2) is 273 Å². The van der Waals surface area contributed by atoms with Gasteiger partial charge < -0.3 is 118 Å². The summed E-state index contributed by atoms with van der Waals surface area (Å²) in [4.78, 5) is 27.6. The average Bonchev–Trinajstić information content (AvgIpc) is 1.52. The molecular weight excluding hydrogens is 1230 g/mol. The van der Waals surface area contributed by atoms with E-state index in [1.807, 2.05) is 26.8 Å². The van der Waals surface area contributed by atoms with E-state index >= 15 is 0 Å². The van der Waals surface area contributed by atoms with E-state index in [2.05, 4.69) is 19.9 Å². The van der Waals surface area contributed by atoms with Gasteiger partial charge in [-0.15, -0.1) is 0 Å². The lowest BCUT2D eigenvalue weighted by atomic mass is 9.41. The predicted molar refractivity (Wildman–Crippen MR) is 304 cm³/mol. The lowest BCUT2D eigenvalue weighted by Gasteiger charge is -2.64. The zero-order valence-electron chi connectivity index (χ0n) is 52.7. The van der Waals surface area contributed by atoms with Crippen molar-refractivity contribution in [2.24, 2.45) is 39.4 Å². The molecule has 1 spiro atoms. The second kappa shape index (κ2) is 26.3. The molecule has 0 bridgehead atoms. The van der Waals surface area contributed by atoms with E-state index in [4.69, 9.17) is 65.8 Å². The standard InChI is InChI=1S/C60H94O30S/c1-25-43(85-51-42(71)45(37(66)32(21-61)83-51)86-50-41(70)44(77-10)30(64)23-79-50)40(69)47(87-49-39(68)36(65)29(63)22-78-49)53(81-25)88-46-38(67)33(90-91(74,75)76)24-80-52(46)84-35-15-18-57(7)27-14-19-60-48(59(9,89-54(60)72)17-11-16-55(3,4)73)31(82-26(2)62)20-58(60,8)28(27)12-13-34(57)56(35,5)6/h11-12,16,25,27,29-53,61,63-71,73H,13-15,17-24H2,1-10H3,(H,74,75,76)/b16-11+/t25-,27-,29-,30-,31+,32-,33-,34+,35+,36+,37-,38+,39-,40+,41-,42-,43-,44+,45+,46-,47-,48-,49+,50+,51+,52+,53+,57-,58+,59+,60-/m1/s1. The van der Waals surface area contributed by atoms with Gasteiger partial charge in [0, 0.05) is 25.9 Å². The van der Waals surface area contributed by atoms with Crippen LogP contribution in [0.4, 0.5) is 0 Å². The first kappa shape index (κ1) is 71.2. The van der Waals surface area contributed by atoms with E-state index in [-0.39, 0.29) is 30.8 Å². The summed E-state index contributed by atoms with van der Waals surface area (Å²) >= 11 is 0. The SMILES string of the molecule is CO[C@@H]1[C@@H](O)[C@H](O[C@@H]2[C@@H](O)[C@H](O[C@H]3[C@H](O)[C@@H](O[C@@H]4OC[C@@H](O)[C@H](O)[C@H]4O)[C@H](O[C@H]4[C@H](O[C@H]5CC[C@]6(C)[C@@H]7CC[C@]89C(=O)O[C@@](C)(C/C=C/C(C)(C)O)[C@H]8[C@@H](OC(C)=O)C[C@@]9(C)C7=CC[C@H]6C5(C)C)OC[C@@H](OS(=O)(=O)O)[C@@H]4O)O[C@@H]3C)O[C@H](CO)[C@H]2O)OC[C@H]1O. The summed E-state index contributed by atoms with van der Waals surface area (Å²) < 4.78 is 118. The Morgan fingerprint density at radius 1 is 0.714 bits per heavy atom. The Morgan fingerprint density at radius 3 is 1.98 bits per heavy atom. The van der Waals surface area contributed by atoms with E-state index in [0.29, 0.717) is 38.5 Å². The van der Waals surface area contributed by atoms with Gasteiger partial charge in [-0.3, -0.25) is 14.1 Å². The first-order valence-electron chi connectivity index (χ1n) is 31.3. The van der Waals surface area contributed by atoms with Gasteiger partial charge >= 0.3 is 22.3 Å². The summed E-state index contributed by atoms with van der Waals surface area (Å²) in [5.74, 6) is -1.48. The predicted octanol–water partition coefficient (Wildman–Crippen LogP) is -1.95. The Hall–Kier alpha value is -2.59. The fourth-order valence-corrected chi connectivity index (χ4v) is 17.9. The molecule has 30 nitrogen and oxygen atoms in total. The summed E-state index contributed by atoms with van der Waals surface area (Å²) in [6.45, 7) is 13.8. The smallest absolute Gasteiger partial charge is 0.397 e. The molecule has 6 aliphatic heterocycles. The number of carbonyl (C=O) groups is 2. The number of cyclic esters (lactones) is 1. The number of aliphatic hydroxyl groups excluding tert-OH is 10. The van der Waals surface area contributed by atoms with E-state index in [1.54, 1.807) is 19.9 Å². The highest BCUT2D eigenvalue weighted by Crippen LogP contribution is 2.77. The molecule has 520 valence electrons. The lowest BCUT2D eigenvalue weighted by Crippen LogP contribution is -2.67. The van der Waals surface area contributed by atoms with Crippen LogP contribution in [0, 0.1) is 39.4 Å². The number of fused-ring (bicyclic) bond motifs is 4. The number of ether oxygens (including phenoxy) is 13. The largest absolute Gasteiger partial charge is 0.462 e. The van der Waals surface area contributed by atoms with Crippen LogP contribution in [0.15, 0.2) is 23.8 Å². The number of esters is 2. The van der Waals surface area contributed by atoms with Crippen LogP contribution in [0.2, 0.25) is 0 Å². The van der Waals surface area contributed by atoms with Gasteiger partial charge in [0.1, 0.15) is 109 Å². The minimum absolute atomic E-state index is 0.0518. The number of carbonyl (C=O) groups excluding carboxylic acids is 2. The van der Waals surface area contributed by atoms with Gasteiger partial charge in [-0.2, -0.15) is 8.42 Å². The minimum Gasteiger partial charge on any atom is -0.462 e. The van der Waals surface area contributed by atoms with Crippen LogP contribution < -0.4 is 0 Å². The molecular formula is C60H94O30S. The van der Waals surface area contributed by atoms with Gasteiger partial charge in [0.15, 0.2) is 31.5 Å². The third-order valence-corrected chi connectivity index (χ3v) is 22.2. The van der Waals surface area contributed by atoms with Gasteiger partial charge in [-0.05, 0) is 88.9 Å². The lowest BCUT2D eigenvalue weighted by molar-refractivity contribution is -0.402. The Bertz CT molecular complexity index is 2770. The molecule has 0 unspecified atom stereocenters. The number of rotatable bonds is 18. The Morgan fingerprint density at radius 2 is 1.33 bits per heavy atom. The van der Waals surface area contributed by atoms with Crippen LogP contribution in [-0.2, 0) is 85.8 Å². The topological polar surface area (TPSA) is 440 Å². The van der Waals surface area contributed by atoms with Gasteiger partial charge in [0.05, 0.1) is 55.6 Å². The van der Waals surface area contributed by atoms with Crippen molar-refractivity contribution in [3.05, 3.63) is 23.8 Å². The molecule has 10 rings (SSSR count). The molecule has 91 heavy (non-hydrogen) atoms. The minimum atomic E-state index is -5.28. The number of hydrogen-bond acceptors (Lipinski definition) is 29. The zero-order valence-corrected chi connectivity index (χ0v) is 53.5. The number of aliphatic hydroxyl groups is 11. The van der Waals surface area contributed by atoms with E-state index in [9.17, 15) is 78.7 Å². The van der Waals surface area contributed by atoms with Crippen LogP contribution in [0.25, 0.3) is 0 Å². The van der Waals surface area contributed by atoms with Crippen LogP contribution in [0.1, 0.15) is 107 Å². The van der Waals surface area contributed by atoms with Crippen molar-refractivity contribution in [1.82, 2.24) is 0 Å². The molecule has 31 atom stereocenters. The molecule has 9 fully saturated rings. The highest BCUT2D eigenvalue weighted by Gasteiger charge is 2.79. The van der Waals surface area contributed by atoms with Crippen molar-refractivity contribution >= 4 is 22.3 Å².